The van der Waals surface area contributed by atoms with Crippen LogP contribution >= 0.6 is 11.3 Å². The van der Waals surface area contributed by atoms with E-state index in [1.165, 1.54) is 29.9 Å². The number of anilines is 1. The lowest BCUT2D eigenvalue weighted by Crippen LogP contribution is -2.13. The van der Waals surface area contributed by atoms with Gasteiger partial charge in [0.2, 0.25) is 0 Å². The van der Waals surface area contributed by atoms with E-state index in [-0.39, 0.29) is 5.57 Å². The Morgan fingerprint density at radius 2 is 2.53 bits per heavy atom. The van der Waals surface area contributed by atoms with Crippen molar-refractivity contribution in [1.29, 1.82) is 5.26 Å². The number of rotatable bonds is 3. The molecule has 0 bridgehead atoms. The molecule has 17 heavy (non-hydrogen) atoms. The summed E-state index contributed by atoms with van der Waals surface area (Å²) in [5.74, 6) is -0.489. The minimum absolute atomic E-state index is 0.00977. The third-order valence-corrected chi connectivity index (χ3v) is 2.53. The average molecular weight is 245 g/mol. The van der Waals surface area contributed by atoms with Gasteiger partial charge in [0.1, 0.15) is 11.6 Å². The van der Waals surface area contributed by atoms with Gasteiger partial charge in [0.15, 0.2) is 5.13 Å². The van der Waals surface area contributed by atoms with Crippen molar-refractivity contribution in [2.75, 3.05) is 5.32 Å². The maximum absolute atomic E-state index is 11.7. The average Bonchev–Trinajstić information content (AvgIpc) is 2.97. The van der Waals surface area contributed by atoms with Gasteiger partial charge in [-0.25, -0.2) is 9.97 Å². The Hall–Kier alpha value is -2.46. The fourth-order valence-corrected chi connectivity index (χ4v) is 1.62. The molecule has 1 amide bonds. The summed E-state index contributed by atoms with van der Waals surface area (Å²) in [5, 5.41) is 13.6. The Morgan fingerprint density at radius 1 is 1.65 bits per heavy atom. The molecule has 0 saturated heterocycles. The standard InChI is InChI=1S/C10H7N5OS/c11-4-7(3-8-5-12-6-14-8)9(16)15-10-13-1-2-17-10/h1-3,5-6H,(H,12,14)(H,13,15,16)/b7-3+. The molecule has 0 fully saturated rings. The van der Waals surface area contributed by atoms with Crippen LogP contribution in [0.4, 0.5) is 5.13 Å². The second-order valence-electron chi connectivity index (χ2n) is 2.97. The number of nitrogens with one attached hydrogen (secondary N) is 2. The molecule has 2 N–H and O–H groups in total. The highest BCUT2D eigenvalue weighted by molar-refractivity contribution is 7.13. The van der Waals surface area contributed by atoms with E-state index < -0.39 is 5.91 Å². The SMILES string of the molecule is N#C/C(=C\c1cnc[nH]1)C(=O)Nc1nccs1. The molecule has 2 aromatic rings. The molecule has 2 rings (SSSR count). The van der Waals surface area contributed by atoms with Crippen LogP contribution in [-0.2, 0) is 4.79 Å². The van der Waals surface area contributed by atoms with Gasteiger partial charge < -0.3 is 4.98 Å². The minimum atomic E-state index is -0.489. The van der Waals surface area contributed by atoms with Crippen molar-refractivity contribution in [3.8, 4) is 6.07 Å². The highest BCUT2D eigenvalue weighted by Crippen LogP contribution is 2.12. The van der Waals surface area contributed by atoms with Crippen LogP contribution in [-0.4, -0.2) is 20.9 Å². The molecule has 2 aromatic heterocycles. The molecule has 6 nitrogen and oxygen atoms in total. The van der Waals surface area contributed by atoms with Crippen molar-refractivity contribution in [2.45, 2.75) is 0 Å². The van der Waals surface area contributed by atoms with E-state index in [0.29, 0.717) is 10.8 Å². The fourth-order valence-electron chi connectivity index (χ4n) is 1.10. The van der Waals surface area contributed by atoms with Crippen molar-refractivity contribution in [3.63, 3.8) is 0 Å². The number of carbonyl (C=O) groups is 1. The zero-order chi connectivity index (χ0) is 12.1. The number of hydrogen-bond acceptors (Lipinski definition) is 5. The van der Waals surface area contributed by atoms with E-state index in [1.54, 1.807) is 11.6 Å². The summed E-state index contributed by atoms with van der Waals surface area (Å²) in [6.45, 7) is 0. The second kappa shape index (κ2) is 5.05. The van der Waals surface area contributed by atoms with Gasteiger partial charge in [-0.05, 0) is 6.08 Å². The molecule has 0 unspecified atom stereocenters. The number of nitriles is 1. The number of imidazole rings is 1. The van der Waals surface area contributed by atoms with Gasteiger partial charge in [-0.1, -0.05) is 0 Å². The maximum Gasteiger partial charge on any atom is 0.268 e. The Bertz CT molecular complexity index is 564. The number of nitrogens with zero attached hydrogens (tertiary/aromatic N) is 3. The predicted molar refractivity (Wildman–Crippen MR) is 62.9 cm³/mol. The zero-order valence-corrected chi connectivity index (χ0v) is 9.36. The van der Waals surface area contributed by atoms with Crippen LogP contribution in [0.1, 0.15) is 5.69 Å². The smallest absolute Gasteiger partial charge is 0.268 e. The van der Waals surface area contributed by atoms with E-state index in [0.717, 1.165) is 0 Å². The van der Waals surface area contributed by atoms with E-state index in [9.17, 15) is 4.79 Å². The van der Waals surface area contributed by atoms with Crippen molar-refractivity contribution in [2.24, 2.45) is 0 Å². The molecule has 0 aliphatic carbocycles. The number of aromatic amines is 1. The number of aromatic nitrogens is 3. The monoisotopic (exact) mass is 245 g/mol. The molecule has 2 heterocycles. The number of thiazole rings is 1. The first-order valence-corrected chi connectivity index (χ1v) is 5.48. The Labute approximate surface area is 101 Å². The minimum Gasteiger partial charge on any atom is -0.345 e. The van der Waals surface area contributed by atoms with Crippen LogP contribution in [0.15, 0.2) is 29.7 Å². The van der Waals surface area contributed by atoms with Crippen molar-refractivity contribution >= 4 is 28.5 Å². The largest absolute Gasteiger partial charge is 0.345 e. The van der Waals surface area contributed by atoms with Crippen LogP contribution in [0.5, 0.6) is 0 Å². The third kappa shape index (κ3) is 2.76. The number of hydrogen-bond donors (Lipinski definition) is 2. The van der Waals surface area contributed by atoms with E-state index in [1.807, 2.05) is 6.07 Å². The molecule has 0 aromatic carbocycles. The summed E-state index contributed by atoms with van der Waals surface area (Å²) in [5.41, 5.74) is 0.584. The second-order valence-corrected chi connectivity index (χ2v) is 3.86. The van der Waals surface area contributed by atoms with Crippen LogP contribution in [0.2, 0.25) is 0 Å². The first kappa shape index (κ1) is 11.0. The van der Waals surface area contributed by atoms with Gasteiger partial charge in [0.25, 0.3) is 5.91 Å². The Kier molecular flexibility index (Phi) is 3.28. The fraction of sp³-hybridized carbons (Fsp3) is 0. The van der Waals surface area contributed by atoms with Crippen molar-refractivity contribution < 1.29 is 4.79 Å². The van der Waals surface area contributed by atoms with Gasteiger partial charge in [-0.3, -0.25) is 10.1 Å². The van der Waals surface area contributed by atoms with E-state index in [4.69, 9.17) is 5.26 Å². The topological polar surface area (TPSA) is 94.5 Å². The third-order valence-electron chi connectivity index (χ3n) is 1.84. The Balaban J connectivity index is 2.14. The number of amides is 1. The van der Waals surface area contributed by atoms with Gasteiger partial charge in [-0.2, -0.15) is 5.26 Å². The van der Waals surface area contributed by atoms with Gasteiger partial charge >= 0.3 is 0 Å². The van der Waals surface area contributed by atoms with Crippen LogP contribution in [0.25, 0.3) is 6.08 Å². The summed E-state index contributed by atoms with van der Waals surface area (Å²) in [6.07, 6.45) is 5.99. The van der Waals surface area contributed by atoms with Crippen LogP contribution < -0.4 is 5.32 Å². The van der Waals surface area contributed by atoms with Gasteiger partial charge in [-0.15, -0.1) is 11.3 Å². The quantitative estimate of drug-likeness (QED) is 0.631. The first-order chi connectivity index (χ1) is 8.29. The zero-order valence-electron chi connectivity index (χ0n) is 8.54. The van der Waals surface area contributed by atoms with E-state index in [2.05, 4.69) is 20.3 Å². The predicted octanol–water partition coefficient (Wildman–Crippen LogP) is 1.41. The summed E-state index contributed by atoms with van der Waals surface area (Å²) in [6, 6.07) is 1.83. The van der Waals surface area contributed by atoms with Crippen molar-refractivity contribution in [1.82, 2.24) is 15.0 Å². The normalized spacial score (nSPS) is 10.9. The number of carbonyl (C=O) groups excluding carboxylic acids is 1. The molecule has 0 radical (unpaired) electrons. The highest BCUT2D eigenvalue weighted by atomic mass is 32.1. The molecule has 0 aliphatic rings. The molecule has 0 aliphatic heterocycles. The van der Waals surface area contributed by atoms with Gasteiger partial charge in [0, 0.05) is 11.6 Å². The summed E-state index contributed by atoms with van der Waals surface area (Å²) < 4.78 is 0. The van der Waals surface area contributed by atoms with Crippen molar-refractivity contribution in [3.05, 3.63) is 35.4 Å². The first-order valence-electron chi connectivity index (χ1n) is 4.60. The molecule has 0 atom stereocenters. The highest BCUT2D eigenvalue weighted by Gasteiger charge is 2.10. The Morgan fingerprint density at radius 3 is 3.12 bits per heavy atom. The molecule has 84 valence electrons. The lowest BCUT2D eigenvalue weighted by molar-refractivity contribution is -0.112. The summed E-state index contributed by atoms with van der Waals surface area (Å²) in [7, 11) is 0. The number of H-pyrrole nitrogens is 1. The summed E-state index contributed by atoms with van der Waals surface area (Å²) in [4.78, 5) is 22.2. The summed E-state index contributed by atoms with van der Waals surface area (Å²) >= 11 is 1.29. The van der Waals surface area contributed by atoms with Crippen LogP contribution in [0.3, 0.4) is 0 Å². The lowest BCUT2D eigenvalue weighted by Gasteiger charge is -1.98. The molecule has 7 heteroatoms. The van der Waals surface area contributed by atoms with Gasteiger partial charge in [0.05, 0.1) is 18.2 Å². The van der Waals surface area contributed by atoms with E-state index >= 15 is 0 Å². The lowest BCUT2D eigenvalue weighted by atomic mass is 10.2. The maximum atomic E-state index is 11.7. The molecule has 0 spiro atoms. The van der Waals surface area contributed by atoms with Crippen LogP contribution in [0, 0.1) is 11.3 Å². The molecular formula is C10H7N5OS. The molecule has 0 saturated carbocycles. The molecular weight excluding hydrogens is 238 g/mol.